The lowest BCUT2D eigenvalue weighted by molar-refractivity contribution is -0.137. The van der Waals surface area contributed by atoms with E-state index in [4.69, 9.17) is 4.84 Å². The van der Waals surface area contributed by atoms with Crippen LogP contribution in [-0.2, 0) is 11.0 Å². The average molecular weight is 493 g/mol. The van der Waals surface area contributed by atoms with Gasteiger partial charge in [-0.1, -0.05) is 81.7 Å². The lowest BCUT2D eigenvalue weighted by atomic mass is 9.99. The summed E-state index contributed by atoms with van der Waals surface area (Å²) in [5.41, 5.74) is -0.530. The molecule has 3 rings (SSSR count). The summed E-state index contributed by atoms with van der Waals surface area (Å²) >= 11 is 2.98. The van der Waals surface area contributed by atoms with Gasteiger partial charge in [-0.3, -0.25) is 10.2 Å². The Labute approximate surface area is 184 Å². The van der Waals surface area contributed by atoms with Gasteiger partial charge in [0.25, 0.3) is 0 Å². The van der Waals surface area contributed by atoms with Crippen molar-refractivity contribution in [2.45, 2.75) is 12.3 Å². The molecule has 0 bridgehead atoms. The van der Waals surface area contributed by atoms with Crippen LogP contribution in [-0.4, -0.2) is 16.9 Å². The van der Waals surface area contributed by atoms with E-state index in [1.165, 1.54) is 6.07 Å². The summed E-state index contributed by atoms with van der Waals surface area (Å²) in [5, 5.41) is 16.5. The number of alkyl halides is 3. The molecule has 9 heteroatoms. The topological polar surface area (TPSA) is 70.9 Å². The van der Waals surface area contributed by atoms with Crippen molar-refractivity contribution in [2.24, 2.45) is 5.16 Å². The minimum Gasteiger partial charge on any atom is -0.382 e. The molecule has 0 aliphatic carbocycles. The monoisotopic (exact) mass is 492 g/mol. The molecule has 3 aromatic carbocycles. The number of nitrogens with one attached hydrogen (secondary N) is 1. The summed E-state index contributed by atoms with van der Waals surface area (Å²) in [7, 11) is 0. The summed E-state index contributed by atoms with van der Waals surface area (Å²) in [5.74, 6) is 0. The number of anilines is 1. The van der Waals surface area contributed by atoms with Crippen molar-refractivity contribution in [1.29, 1.82) is 0 Å². The molecule has 0 aliphatic rings. The van der Waals surface area contributed by atoms with Gasteiger partial charge in [0.15, 0.2) is 0 Å². The molecule has 0 aliphatic heterocycles. The SMILES string of the molecule is O=C(Nc1ccc(Br)cc1C(F)(F)F)O/N=C(/c1ccccc1)[C@@H](O)c1ccccc1. The molecule has 0 saturated carbocycles. The lowest BCUT2D eigenvalue weighted by Gasteiger charge is -2.15. The van der Waals surface area contributed by atoms with Crippen LogP contribution >= 0.6 is 15.9 Å². The van der Waals surface area contributed by atoms with E-state index < -0.39 is 29.6 Å². The highest BCUT2D eigenvalue weighted by molar-refractivity contribution is 9.10. The van der Waals surface area contributed by atoms with E-state index in [-0.39, 0.29) is 10.2 Å². The Morgan fingerprint density at radius 2 is 1.61 bits per heavy atom. The largest absolute Gasteiger partial charge is 0.437 e. The summed E-state index contributed by atoms with van der Waals surface area (Å²) in [6.45, 7) is 0. The molecule has 5 nitrogen and oxygen atoms in total. The molecule has 0 aromatic heterocycles. The second-order valence-electron chi connectivity index (χ2n) is 6.35. The molecule has 0 saturated heterocycles. The quantitative estimate of drug-likeness (QED) is 0.254. The van der Waals surface area contributed by atoms with Crippen LogP contribution in [0.3, 0.4) is 0 Å². The minimum absolute atomic E-state index is 0.0220. The Bertz CT molecular complexity index is 1070. The van der Waals surface area contributed by atoms with E-state index in [0.717, 1.165) is 12.1 Å². The normalized spacial score (nSPS) is 12.9. The zero-order valence-electron chi connectivity index (χ0n) is 15.8. The Hall–Kier alpha value is -3.17. The average Bonchev–Trinajstić information content (AvgIpc) is 2.75. The van der Waals surface area contributed by atoms with Crippen LogP contribution in [0.4, 0.5) is 23.7 Å². The molecule has 1 atom stereocenters. The third-order valence-corrected chi connectivity index (χ3v) is 4.69. The number of hydrogen-bond acceptors (Lipinski definition) is 4. The second-order valence-corrected chi connectivity index (χ2v) is 7.26. The zero-order chi connectivity index (χ0) is 22.4. The van der Waals surface area contributed by atoms with E-state index in [9.17, 15) is 23.1 Å². The van der Waals surface area contributed by atoms with Crippen molar-refractivity contribution in [2.75, 3.05) is 5.32 Å². The van der Waals surface area contributed by atoms with E-state index in [1.54, 1.807) is 60.7 Å². The molecule has 0 unspecified atom stereocenters. The molecular weight excluding hydrogens is 477 g/mol. The van der Waals surface area contributed by atoms with Crippen molar-refractivity contribution >= 4 is 33.4 Å². The number of carbonyl (C=O) groups is 1. The van der Waals surface area contributed by atoms with Crippen LogP contribution in [0.15, 0.2) is 88.5 Å². The Morgan fingerprint density at radius 1 is 1.00 bits per heavy atom. The molecule has 0 spiro atoms. The summed E-state index contributed by atoms with van der Waals surface area (Å²) < 4.78 is 39.9. The van der Waals surface area contributed by atoms with Gasteiger partial charge >= 0.3 is 12.3 Å². The van der Waals surface area contributed by atoms with Crippen molar-refractivity contribution in [3.05, 3.63) is 100 Å². The first-order valence-electron chi connectivity index (χ1n) is 8.97. The van der Waals surface area contributed by atoms with Gasteiger partial charge in [0, 0.05) is 10.0 Å². The second kappa shape index (κ2) is 9.76. The fourth-order valence-corrected chi connectivity index (χ4v) is 3.11. The molecule has 0 fully saturated rings. The maximum absolute atomic E-state index is 13.2. The number of nitrogens with zero attached hydrogens (tertiary/aromatic N) is 1. The third kappa shape index (κ3) is 5.93. The van der Waals surface area contributed by atoms with E-state index in [0.29, 0.717) is 11.1 Å². The fourth-order valence-electron chi connectivity index (χ4n) is 2.75. The van der Waals surface area contributed by atoms with Crippen LogP contribution in [0.5, 0.6) is 0 Å². The number of hydrogen-bond donors (Lipinski definition) is 2. The molecule has 0 radical (unpaired) electrons. The number of halogens is 4. The van der Waals surface area contributed by atoms with E-state index in [1.807, 2.05) is 5.32 Å². The number of aliphatic hydroxyl groups excluding tert-OH is 1. The molecule has 160 valence electrons. The van der Waals surface area contributed by atoms with E-state index in [2.05, 4.69) is 21.1 Å². The number of oxime groups is 1. The molecule has 1 amide bonds. The van der Waals surface area contributed by atoms with E-state index >= 15 is 0 Å². The highest BCUT2D eigenvalue weighted by atomic mass is 79.9. The maximum atomic E-state index is 13.2. The fraction of sp³-hybridized carbons (Fsp3) is 0.0909. The van der Waals surface area contributed by atoms with Gasteiger partial charge in [-0.15, -0.1) is 0 Å². The van der Waals surface area contributed by atoms with Crippen molar-refractivity contribution in [3.8, 4) is 0 Å². The molecule has 2 N–H and O–H groups in total. The highest BCUT2D eigenvalue weighted by Gasteiger charge is 2.34. The van der Waals surface area contributed by atoms with Gasteiger partial charge < -0.3 is 5.11 Å². The summed E-state index contributed by atoms with van der Waals surface area (Å²) in [4.78, 5) is 17.0. The number of carbonyl (C=O) groups excluding carboxylic acids is 1. The molecule has 0 heterocycles. The summed E-state index contributed by atoms with van der Waals surface area (Å²) in [6, 6.07) is 20.3. The Balaban J connectivity index is 1.85. The van der Waals surface area contributed by atoms with Gasteiger partial charge in [0.05, 0.1) is 11.3 Å². The lowest BCUT2D eigenvalue weighted by Crippen LogP contribution is -2.19. The van der Waals surface area contributed by atoms with Gasteiger partial charge in [-0.25, -0.2) is 4.79 Å². The highest BCUT2D eigenvalue weighted by Crippen LogP contribution is 2.36. The first-order valence-corrected chi connectivity index (χ1v) is 9.76. The van der Waals surface area contributed by atoms with Gasteiger partial charge in [-0.05, 0) is 23.8 Å². The zero-order valence-corrected chi connectivity index (χ0v) is 17.4. The molecule has 31 heavy (non-hydrogen) atoms. The molecule has 3 aromatic rings. The predicted octanol–water partition coefficient (Wildman–Crippen LogP) is 6.15. The van der Waals surface area contributed by atoms with Gasteiger partial charge in [-0.2, -0.15) is 13.2 Å². The maximum Gasteiger partial charge on any atom is 0.437 e. The molecular formula is C22H16BrF3N2O3. The standard InChI is InChI=1S/C22H16BrF3N2O3/c23-16-11-12-18(17(13-16)22(24,25)26)27-21(30)31-28-19(14-7-3-1-4-8-14)20(29)15-9-5-2-6-10-15/h1-13,20,29H,(H,27,30)/b28-19-/t20-/m0/s1. The predicted molar refractivity (Wildman–Crippen MR) is 114 cm³/mol. The Kier molecular flexibility index (Phi) is 7.09. The van der Waals surface area contributed by atoms with Crippen molar-refractivity contribution in [3.63, 3.8) is 0 Å². The number of aliphatic hydroxyl groups is 1. The minimum atomic E-state index is -4.69. The van der Waals surface area contributed by atoms with Crippen molar-refractivity contribution < 1.29 is 27.9 Å². The third-order valence-electron chi connectivity index (χ3n) is 4.19. The number of amides is 1. The number of rotatable bonds is 5. The van der Waals surface area contributed by atoms with Crippen LogP contribution in [0.25, 0.3) is 0 Å². The first-order chi connectivity index (χ1) is 14.8. The van der Waals surface area contributed by atoms with Crippen LogP contribution in [0.2, 0.25) is 0 Å². The smallest absolute Gasteiger partial charge is 0.382 e. The van der Waals surface area contributed by atoms with Crippen LogP contribution in [0.1, 0.15) is 22.8 Å². The Morgan fingerprint density at radius 3 is 2.23 bits per heavy atom. The summed E-state index contributed by atoms with van der Waals surface area (Å²) in [6.07, 6.45) is -7.15. The van der Waals surface area contributed by atoms with Gasteiger partial charge in [0.2, 0.25) is 0 Å². The number of benzene rings is 3. The van der Waals surface area contributed by atoms with Crippen molar-refractivity contribution in [1.82, 2.24) is 0 Å². The first kappa shape index (κ1) is 22.5. The van der Waals surface area contributed by atoms with Gasteiger partial charge in [0.1, 0.15) is 11.8 Å². The van der Waals surface area contributed by atoms with Crippen LogP contribution < -0.4 is 5.32 Å². The van der Waals surface area contributed by atoms with Crippen LogP contribution in [0, 0.1) is 0 Å².